The largest absolute Gasteiger partial charge is 0.392 e. The Bertz CT molecular complexity index is 473. The molecule has 124 valence electrons. The Balaban J connectivity index is 2.50. The zero-order valence-electron chi connectivity index (χ0n) is 13.8. The molecule has 0 aliphatic carbocycles. The zero-order valence-corrected chi connectivity index (χ0v) is 15.5. The highest BCUT2D eigenvalue weighted by Gasteiger charge is 2.33. The van der Waals surface area contributed by atoms with E-state index in [2.05, 4.69) is 9.80 Å². The van der Waals surface area contributed by atoms with Crippen LogP contribution >= 0.6 is 12.2 Å². The van der Waals surface area contributed by atoms with Crippen LogP contribution in [-0.4, -0.2) is 72.0 Å². The van der Waals surface area contributed by atoms with Crippen molar-refractivity contribution in [1.29, 1.82) is 0 Å². The maximum absolute atomic E-state index is 12.1. The summed E-state index contributed by atoms with van der Waals surface area (Å²) >= 11 is 5.13. The Morgan fingerprint density at radius 1 is 1.10 bits per heavy atom. The molecule has 2 N–H and O–H groups in total. The predicted octanol–water partition coefficient (Wildman–Crippen LogP) is 0.882. The van der Waals surface area contributed by atoms with Crippen molar-refractivity contribution in [3.05, 3.63) is 0 Å². The second-order valence-corrected chi connectivity index (χ2v) is 10.5. The van der Waals surface area contributed by atoms with Crippen LogP contribution in [0.15, 0.2) is 0 Å². The van der Waals surface area contributed by atoms with Crippen molar-refractivity contribution in [2.24, 2.45) is 5.73 Å². The molecule has 0 saturated carbocycles. The molecule has 1 fully saturated rings. The van der Waals surface area contributed by atoms with E-state index in [0.717, 1.165) is 26.2 Å². The monoisotopic (exact) mass is 335 g/mol. The van der Waals surface area contributed by atoms with Crippen molar-refractivity contribution in [2.75, 3.05) is 38.5 Å². The van der Waals surface area contributed by atoms with Gasteiger partial charge in [-0.05, 0) is 34.6 Å². The predicted molar refractivity (Wildman–Crippen MR) is 92.4 cm³/mol. The summed E-state index contributed by atoms with van der Waals surface area (Å²) in [6.07, 6.45) is 0. The molecule has 0 radical (unpaired) electrons. The van der Waals surface area contributed by atoms with Crippen LogP contribution in [0.5, 0.6) is 0 Å². The molecule has 1 aliphatic heterocycles. The molecule has 1 rings (SSSR count). The van der Waals surface area contributed by atoms with Crippen LogP contribution in [0.1, 0.15) is 34.6 Å². The molecule has 0 atom stereocenters. The minimum absolute atomic E-state index is 0.217. The summed E-state index contributed by atoms with van der Waals surface area (Å²) in [6.45, 7) is 13.4. The summed E-state index contributed by atoms with van der Waals surface area (Å²) in [4.78, 5) is 4.98. The first-order chi connectivity index (χ1) is 9.38. The van der Waals surface area contributed by atoms with Crippen molar-refractivity contribution in [3.8, 4) is 0 Å². The molecule has 1 saturated heterocycles. The summed E-state index contributed by atoms with van der Waals surface area (Å²) in [5.41, 5.74) is 5.52. The fourth-order valence-electron chi connectivity index (χ4n) is 2.24. The molecule has 21 heavy (non-hydrogen) atoms. The Hall–Kier alpha value is -0.240. The van der Waals surface area contributed by atoms with Gasteiger partial charge in [0, 0.05) is 32.7 Å². The van der Waals surface area contributed by atoms with Gasteiger partial charge in [0.15, 0.2) is 9.84 Å². The van der Waals surface area contributed by atoms with Gasteiger partial charge in [-0.3, -0.25) is 9.80 Å². The normalized spacial score (nSPS) is 19.7. The first kappa shape index (κ1) is 18.8. The summed E-state index contributed by atoms with van der Waals surface area (Å²) in [5, 5.41) is 0. The number of piperazine rings is 1. The van der Waals surface area contributed by atoms with Gasteiger partial charge in [0.1, 0.15) is 0 Å². The number of nitrogens with zero attached hydrogens (tertiary/aromatic N) is 2. The standard InChI is InChI=1S/C14H29N3O2S2/c1-13(2,3)21(18,19)11-10-16-6-8-17(9-7-16)14(4,5)12(15)20/h6-11H2,1-5H3,(H2,15,20). The van der Waals surface area contributed by atoms with Gasteiger partial charge in [-0.15, -0.1) is 0 Å². The third-order valence-corrected chi connectivity index (χ3v) is 7.46. The van der Waals surface area contributed by atoms with E-state index in [-0.39, 0.29) is 11.3 Å². The van der Waals surface area contributed by atoms with Crippen LogP contribution in [0, 0.1) is 0 Å². The van der Waals surface area contributed by atoms with Crippen LogP contribution in [0.3, 0.4) is 0 Å². The molecule has 0 aromatic rings. The Labute approximate surface area is 134 Å². The number of sulfone groups is 1. The average Bonchev–Trinajstić information content (AvgIpc) is 2.35. The minimum atomic E-state index is -3.05. The second-order valence-electron chi connectivity index (χ2n) is 7.18. The lowest BCUT2D eigenvalue weighted by atomic mass is 10.0. The molecule has 0 bridgehead atoms. The lowest BCUT2D eigenvalue weighted by Gasteiger charge is -2.43. The highest BCUT2D eigenvalue weighted by Crippen LogP contribution is 2.19. The van der Waals surface area contributed by atoms with E-state index in [0.29, 0.717) is 11.5 Å². The van der Waals surface area contributed by atoms with Gasteiger partial charge in [0.25, 0.3) is 0 Å². The smallest absolute Gasteiger partial charge is 0.156 e. The van der Waals surface area contributed by atoms with Crippen molar-refractivity contribution >= 4 is 27.0 Å². The van der Waals surface area contributed by atoms with Gasteiger partial charge in [-0.2, -0.15) is 0 Å². The number of thiocarbonyl (C=S) groups is 1. The third-order valence-electron chi connectivity index (χ3n) is 4.38. The fraction of sp³-hybridized carbons (Fsp3) is 0.929. The maximum Gasteiger partial charge on any atom is 0.156 e. The number of hydrogen-bond acceptors (Lipinski definition) is 5. The van der Waals surface area contributed by atoms with E-state index >= 15 is 0 Å². The topological polar surface area (TPSA) is 66.6 Å². The number of hydrogen-bond donors (Lipinski definition) is 1. The lowest BCUT2D eigenvalue weighted by Crippen LogP contribution is -2.59. The zero-order chi connectivity index (χ0) is 16.5. The minimum Gasteiger partial charge on any atom is -0.392 e. The number of rotatable bonds is 5. The van der Waals surface area contributed by atoms with Gasteiger partial charge in [-0.1, -0.05) is 12.2 Å². The Morgan fingerprint density at radius 2 is 1.57 bits per heavy atom. The van der Waals surface area contributed by atoms with Crippen LogP contribution in [0.25, 0.3) is 0 Å². The molecular weight excluding hydrogens is 306 g/mol. The van der Waals surface area contributed by atoms with Gasteiger partial charge in [0.2, 0.25) is 0 Å². The highest BCUT2D eigenvalue weighted by atomic mass is 32.2. The van der Waals surface area contributed by atoms with E-state index in [4.69, 9.17) is 18.0 Å². The van der Waals surface area contributed by atoms with E-state index in [1.54, 1.807) is 20.8 Å². The summed E-state index contributed by atoms with van der Waals surface area (Å²) in [6, 6.07) is 0. The first-order valence-electron chi connectivity index (χ1n) is 7.37. The molecule has 1 aliphatic rings. The summed E-state index contributed by atoms with van der Waals surface area (Å²) in [7, 11) is -3.05. The first-order valence-corrected chi connectivity index (χ1v) is 9.43. The molecule has 0 amide bonds. The summed E-state index contributed by atoms with van der Waals surface area (Å²) in [5.74, 6) is 0.217. The van der Waals surface area contributed by atoms with Crippen molar-refractivity contribution in [2.45, 2.75) is 44.9 Å². The Kier molecular flexibility index (Phi) is 5.80. The molecule has 5 nitrogen and oxygen atoms in total. The van der Waals surface area contributed by atoms with Gasteiger partial charge < -0.3 is 5.73 Å². The average molecular weight is 336 g/mol. The van der Waals surface area contributed by atoms with Gasteiger partial charge in [0.05, 0.1) is 21.0 Å². The third kappa shape index (κ3) is 4.61. The quantitative estimate of drug-likeness (QED) is 0.753. The highest BCUT2D eigenvalue weighted by molar-refractivity contribution is 7.92. The number of nitrogens with two attached hydrogens (primary N) is 1. The molecule has 0 spiro atoms. The van der Waals surface area contributed by atoms with Crippen LogP contribution in [0.4, 0.5) is 0 Å². The van der Waals surface area contributed by atoms with Gasteiger partial charge >= 0.3 is 0 Å². The molecule has 0 unspecified atom stereocenters. The fourth-order valence-corrected chi connectivity index (χ4v) is 3.48. The van der Waals surface area contributed by atoms with Crippen molar-refractivity contribution in [1.82, 2.24) is 9.80 Å². The molecular formula is C14H29N3O2S2. The van der Waals surface area contributed by atoms with Crippen LogP contribution in [0.2, 0.25) is 0 Å². The lowest BCUT2D eigenvalue weighted by molar-refractivity contribution is 0.0894. The van der Waals surface area contributed by atoms with Gasteiger partial charge in [-0.25, -0.2) is 8.42 Å². The van der Waals surface area contributed by atoms with E-state index in [9.17, 15) is 8.42 Å². The van der Waals surface area contributed by atoms with Crippen molar-refractivity contribution < 1.29 is 8.42 Å². The SMILES string of the molecule is CC(C)(C(N)=S)N1CCN(CCS(=O)(=O)C(C)(C)C)CC1. The van der Waals surface area contributed by atoms with E-state index in [1.807, 2.05) is 13.8 Å². The molecule has 7 heteroatoms. The Morgan fingerprint density at radius 3 is 1.95 bits per heavy atom. The summed E-state index contributed by atoms with van der Waals surface area (Å²) < 4.78 is 23.6. The molecule has 0 aromatic carbocycles. The van der Waals surface area contributed by atoms with E-state index in [1.165, 1.54) is 0 Å². The maximum atomic E-state index is 12.1. The molecule has 0 aromatic heterocycles. The molecule has 1 heterocycles. The van der Waals surface area contributed by atoms with E-state index < -0.39 is 14.6 Å². The second kappa shape index (κ2) is 6.48. The van der Waals surface area contributed by atoms with Crippen LogP contribution < -0.4 is 5.73 Å². The van der Waals surface area contributed by atoms with Crippen LogP contribution in [-0.2, 0) is 9.84 Å². The van der Waals surface area contributed by atoms with Crippen molar-refractivity contribution in [3.63, 3.8) is 0 Å².